The number of anilines is 1. The first-order valence-corrected chi connectivity index (χ1v) is 12.1. The number of thiophene rings is 1. The van der Waals surface area contributed by atoms with Crippen molar-refractivity contribution in [1.29, 1.82) is 0 Å². The summed E-state index contributed by atoms with van der Waals surface area (Å²) in [4.78, 5) is 5.87. The summed E-state index contributed by atoms with van der Waals surface area (Å²) in [5.41, 5.74) is 1.56. The SMILES string of the molecule is FC(F)(F)c1ccccc1CNc1sc(Cc2cccc3ccccc23)nc1-c1cccs1. The summed E-state index contributed by atoms with van der Waals surface area (Å²) in [5, 5.41) is 9.27. The van der Waals surface area contributed by atoms with Crippen LogP contribution < -0.4 is 5.32 Å². The maximum absolute atomic E-state index is 13.4. The average molecular weight is 481 g/mol. The van der Waals surface area contributed by atoms with Gasteiger partial charge in [0.1, 0.15) is 10.7 Å². The Morgan fingerprint density at radius 3 is 2.39 bits per heavy atom. The Morgan fingerprint density at radius 2 is 1.58 bits per heavy atom. The van der Waals surface area contributed by atoms with E-state index < -0.39 is 11.7 Å². The van der Waals surface area contributed by atoms with Crippen LogP contribution in [0.15, 0.2) is 84.2 Å². The summed E-state index contributed by atoms with van der Waals surface area (Å²) < 4.78 is 40.2. The lowest BCUT2D eigenvalue weighted by atomic mass is 10.0. The monoisotopic (exact) mass is 480 g/mol. The highest BCUT2D eigenvalue weighted by molar-refractivity contribution is 7.17. The minimum atomic E-state index is -4.39. The van der Waals surface area contributed by atoms with Gasteiger partial charge in [0.2, 0.25) is 0 Å². The van der Waals surface area contributed by atoms with Gasteiger partial charge in [0.05, 0.1) is 15.4 Å². The maximum Gasteiger partial charge on any atom is 0.416 e. The molecule has 0 unspecified atom stereocenters. The molecule has 0 aliphatic heterocycles. The van der Waals surface area contributed by atoms with E-state index in [0.29, 0.717) is 6.42 Å². The van der Waals surface area contributed by atoms with Gasteiger partial charge in [-0.1, -0.05) is 66.7 Å². The summed E-state index contributed by atoms with van der Waals surface area (Å²) in [6, 6.07) is 24.1. The van der Waals surface area contributed by atoms with Gasteiger partial charge in [-0.25, -0.2) is 4.98 Å². The molecule has 0 bridgehead atoms. The van der Waals surface area contributed by atoms with Gasteiger partial charge in [0, 0.05) is 13.0 Å². The lowest BCUT2D eigenvalue weighted by Crippen LogP contribution is -2.11. The molecule has 2 nitrogen and oxygen atoms in total. The summed E-state index contributed by atoms with van der Waals surface area (Å²) in [6.07, 6.45) is -3.73. The number of thiazole rings is 1. The van der Waals surface area contributed by atoms with Crippen LogP contribution in [0.3, 0.4) is 0 Å². The Hall–Kier alpha value is -3.16. The highest BCUT2D eigenvalue weighted by Crippen LogP contribution is 2.38. The number of hydrogen-bond acceptors (Lipinski definition) is 4. The van der Waals surface area contributed by atoms with Gasteiger partial charge in [-0.05, 0) is 39.4 Å². The van der Waals surface area contributed by atoms with E-state index in [9.17, 15) is 13.2 Å². The van der Waals surface area contributed by atoms with Crippen molar-refractivity contribution in [2.45, 2.75) is 19.1 Å². The van der Waals surface area contributed by atoms with E-state index in [1.807, 2.05) is 35.7 Å². The molecular weight excluding hydrogens is 461 g/mol. The Labute approximate surface area is 197 Å². The second-order valence-corrected chi connectivity index (χ2v) is 9.62. The summed E-state index contributed by atoms with van der Waals surface area (Å²) in [6.45, 7) is 0.0734. The van der Waals surface area contributed by atoms with Gasteiger partial charge in [0.25, 0.3) is 0 Å². The number of halogens is 3. The lowest BCUT2D eigenvalue weighted by Gasteiger charge is -2.13. The average Bonchev–Trinajstić information content (AvgIpc) is 3.47. The Morgan fingerprint density at radius 1 is 0.818 bits per heavy atom. The molecule has 3 aromatic carbocycles. The first-order valence-electron chi connectivity index (χ1n) is 10.4. The number of alkyl halides is 3. The molecule has 0 radical (unpaired) electrons. The van der Waals surface area contributed by atoms with Crippen molar-refractivity contribution in [3.05, 3.63) is 106 Å². The Bertz CT molecular complexity index is 1380. The number of nitrogens with zero attached hydrogens (tertiary/aromatic N) is 1. The molecule has 1 N–H and O–H groups in total. The van der Waals surface area contributed by atoms with E-state index in [1.54, 1.807) is 17.4 Å². The summed E-state index contributed by atoms with van der Waals surface area (Å²) >= 11 is 3.06. The van der Waals surface area contributed by atoms with Gasteiger partial charge in [-0.3, -0.25) is 0 Å². The van der Waals surface area contributed by atoms with Crippen molar-refractivity contribution in [3.63, 3.8) is 0 Å². The van der Waals surface area contributed by atoms with Gasteiger partial charge in [-0.2, -0.15) is 13.2 Å². The van der Waals surface area contributed by atoms with E-state index in [2.05, 4.69) is 29.6 Å². The Kier molecular flexibility index (Phi) is 5.91. The molecule has 0 aliphatic rings. The number of benzene rings is 3. The third-order valence-corrected chi connectivity index (χ3v) is 7.30. The lowest BCUT2D eigenvalue weighted by molar-refractivity contribution is -0.138. The van der Waals surface area contributed by atoms with Crippen LogP contribution in [0.5, 0.6) is 0 Å². The Balaban J connectivity index is 1.47. The standard InChI is InChI=1S/C26H19F3N2S2/c27-26(28,29)21-12-4-2-8-19(21)16-30-25-24(22-13-6-14-32-22)31-23(33-25)15-18-10-5-9-17-7-1-3-11-20(17)18/h1-14,30H,15-16H2. The van der Waals surface area contributed by atoms with Crippen LogP contribution in [0.2, 0.25) is 0 Å². The van der Waals surface area contributed by atoms with Crippen molar-refractivity contribution < 1.29 is 13.2 Å². The van der Waals surface area contributed by atoms with Crippen molar-refractivity contribution >= 4 is 38.4 Å². The topological polar surface area (TPSA) is 24.9 Å². The van der Waals surface area contributed by atoms with Gasteiger partial charge < -0.3 is 5.32 Å². The largest absolute Gasteiger partial charge is 0.416 e. The minimum Gasteiger partial charge on any atom is -0.371 e. The third kappa shape index (κ3) is 4.65. The fraction of sp³-hybridized carbons (Fsp3) is 0.115. The molecule has 2 aromatic heterocycles. The molecule has 5 rings (SSSR count). The van der Waals surface area contributed by atoms with E-state index in [0.717, 1.165) is 26.6 Å². The quantitative estimate of drug-likeness (QED) is 0.265. The van der Waals surface area contributed by atoms with Gasteiger partial charge >= 0.3 is 6.18 Å². The number of hydrogen-bond donors (Lipinski definition) is 1. The maximum atomic E-state index is 13.4. The van der Waals surface area contributed by atoms with Crippen molar-refractivity contribution in [2.75, 3.05) is 5.32 Å². The number of aromatic nitrogens is 1. The van der Waals surface area contributed by atoms with E-state index in [-0.39, 0.29) is 12.1 Å². The molecule has 0 atom stereocenters. The summed E-state index contributed by atoms with van der Waals surface area (Å²) in [7, 11) is 0. The smallest absolute Gasteiger partial charge is 0.371 e. The molecule has 0 amide bonds. The molecule has 166 valence electrons. The minimum absolute atomic E-state index is 0.0734. The predicted molar refractivity (Wildman–Crippen MR) is 131 cm³/mol. The zero-order valence-corrected chi connectivity index (χ0v) is 19.0. The molecule has 2 heterocycles. The van der Waals surface area contributed by atoms with Gasteiger partial charge in [-0.15, -0.1) is 22.7 Å². The second kappa shape index (κ2) is 9.00. The van der Waals surface area contributed by atoms with Crippen LogP contribution in [0.25, 0.3) is 21.3 Å². The first kappa shape index (κ1) is 21.7. The van der Waals surface area contributed by atoms with Crippen molar-refractivity contribution in [2.24, 2.45) is 0 Å². The molecule has 0 saturated carbocycles. The predicted octanol–water partition coefficient (Wildman–Crippen LogP) is 8.25. The first-order chi connectivity index (χ1) is 16.0. The molecule has 33 heavy (non-hydrogen) atoms. The van der Waals surface area contributed by atoms with Crippen molar-refractivity contribution in [3.8, 4) is 10.6 Å². The zero-order chi connectivity index (χ0) is 22.8. The highest BCUT2D eigenvalue weighted by Gasteiger charge is 2.32. The van der Waals surface area contributed by atoms with E-state index in [4.69, 9.17) is 4.98 Å². The molecule has 0 fully saturated rings. The number of fused-ring (bicyclic) bond motifs is 1. The van der Waals surface area contributed by atoms with Crippen LogP contribution in [-0.4, -0.2) is 4.98 Å². The number of rotatable bonds is 6. The molecular formula is C26H19F3N2S2. The van der Waals surface area contributed by atoms with Crippen LogP contribution in [0.1, 0.15) is 21.7 Å². The third-order valence-electron chi connectivity index (χ3n) is 5.41. The number of nitrogens with one attached hydrogen (secondary N) is 1. The molecule has 0 aliphatic carbocycles. The molecule has 7 heteroatoms. The summed E-state index contributed by atoms with van der Waals surface area (Å²) in [5.74, 6) is 0. The van der Waals surface area contributed by atoms with Crippen LogP contribution in [0.4, 0.5) is 18.2 Å². The van der Waals surface area contributed by atoms with Gasteiger partial charge in [0.15, 0.2) is 0 Å². The molecule has 0 saturated heterocycles. The van der Waals surface area contributed by atoms with Crippen molar-refractivity contribution in [1.82, 2.24) is 4.98 Å². The fourth-order valence-corrected chi connectivity index (χ4v) is 5.66. The van der Waals surface area contributed by atoms with Crippen LogP contribution in [0, 0.1) is 0 Å². The molecule has 5 aromatic rings. The van der Waals surface area contributed by atoms with E-state index >= 15 is 0 Å². The normalized spacial score (nSPS) is 11.7. The molecule has 0 spiro atoms. The highest BCUT2D eigenvalue weighted by atomic mass is 32.1. The van der Waals surface area contributed by atoms with E-state index in [1.165, 1.54) is 39.8 Å². The van der Waals surface area contributed by atoms with Crippen LogP contribution >= 0.6 is 22.7 Å². The fourth-order valence-electron chi connectivity index (χ4n) is 3.88. The zero-order valence-electron chi connectivity index (χ0n) is 17.4. The second-order valence-electron chi connectivity index (χ2n) is 7.59. The van der Waals surface area contributed by atoms with Crippen LogP contribution in [-0.2, 0) is 19.1 Å².